The van der Waals surface area contributed by atoms with E-state index in [1.165, 1.54) is 5.56 Å². The number of para-hydroxylation sites is 1. The molecule has 2 heterocycles. The molecular formula is C13H17NO3. The smallest absolute Gasteiger partial charge is 0.123 e. The van der Waals surface area contributed by atoms with E-state index in [1.807, 2.05) is 18.2 Å². The summed E-state index contributed by atoms with van der Waals surface area (Å²) >= 11 is 0. The minimum absolute atomic E-state index is 0.143. The van der Waals surface area contributed by atoms with Crippen LogP contribution in [0.3, 0.4) is 0 Å². The van der Waals surface area contributed by atoms with Crippen molar-refractivity contribution in [3.8, 4) is 5.75 Å². The summed E-state index contributed by atoms with van der Waals surface area (Å²) in [6.45, 7) is 1.84. The van der Waals surface area contributed by atoms with Crippen LogP contribution in [0.25, 0.3) is 0 Å². The van der Waals surface area contributed by atoms with Crippen molar-refractivity contribution >= 4 is 0 Å². The quantitative estimate of drug-likeness (QED) is 0.759. The lowest BCUT2D eigenvalue weighted by molar-refractivity contribution is 0.0572. The molecule has 1 saturated heterocycles. The maximum Gasteiger partial charge on any atom is 0.123 e. The molecule has 0 spiro atoms. The molecule has 3 rings (SSSR count). The fourth-order valence-electron chi connectivity index (χ4n) is 2.64. The SMILES string of the molecule is O[C@@H]1CN(CC2Cc3ccccc3O2)C[C@@H]1O. The Balaban J connectivity index is 1.59. The van der Waals surface area contributed by atoms with Crippen molar-refractivity contribution in [1.82, 2.24) is 4.90 Å². The molecule has 1 unspecified atom stereocenters. The Bertz CT molecular complexity index is 374. The summed E-state index contributed by atoms with van der Waals surface area (Å²) in [4.78, 5) is 2.06. The number of aliphatic hydroxyl groups excluding tert-OH is 2. The van der Waals surface area contributed by atoms with Crippen molar-refractivity contribution in [3.63, 3.8) is 0 Å². The van der Waals surface area contributed by atoms with E-state index in [2.05, 4.69) is 11.0 Å². The molecule has 1 aromatic rings. The van der Waals surface area contributed by atoms with Crippen LogP contribution in [0.15, 0.2) is 24.3 Å². The molecule has 1 aromatic carbocycles. The van der Waals surface area contributed by atoms with Crippen LogP contribution >= 0.6 is 0 Å². The Morgan fingerprint density at radius 2 is 1.88 bits per heavy atom. The molecule has 0 aromatic heterocycles. The minimum atomic E-state index is -0.612. The molecule has 0 saturated carbocycles. The number of nitrogens with zero attached hydrogens (tertiary/aromatic N) is 1. The van der Waals surface area contributed by atoms with Crippen molar-refractivity contribution in [1.29, 1.82) is 0 Å². The normalized spacial score (nSPS) is 32.5. The highest BCUT2D eigenvalue weighted by Crippen LogP contribution is 2.28. The number of fused-ring (bicyclic) bond motifs is 1. The van der Waals surface area contributed by atoms with Gasteiger partial charge in [-0.05, 0) is 11.6 Å². The van der Waals surface area contributed by atoms with Crippen molar-refractivity contribution in [2.45, 2.75) is 24.7 Å². The lowest BCUT2D eigenvalue weighted by atomic mass is 10.1. The molecule has 0 bridgehead atoms. The van der Waals surface area contributed by atoms with Crippen molar-refractivity contribution in [2.75, 3.05) is 19.6 Å². The number of rotatable bonds is 2. The molecule has 2 N–H and O–H groups in total. The van der Waals surface area contributed by atoms with Crippen LogP contribution in [0, 0.1) is 0 Å². The molecular weight excluding hydrogens is 218 g/mol. The molecule has 0 radical (unpaired) electrons. The molecule has 92 valence electrons. The summed E-state index contributed by atoms with van der Waals surface area (Å²) in [6.07, 6.45) is -0.166. The maximum absolute atomic E-state index is 9.48. The van der Waals surface area contributed by atoms with Gasteiger partial charge in [-0.2, -0.15) is 0 Å². The van der Waals surface area contributed by atoms with Gasteiger partial charge in [-0.1, -0.05) is 18.2 Å². The van der Waals surface area contributed by atoms with Gasteiger partial charge >= 0.3 is 0 Å². The predicted molar refractivity (Wildman–Crippen MR) is 63.0 cm³/mol. The van der Waals surface area contributed by atoms with Crippen molar-refractivity contribution in [3.05, 3.63) is 29.8 Å². The fourth-order valence-corrected chi connectivity index (χ4v) is 2.64. The summed E-state index contributed by atoms with van der Waals surface area (Å²) in [5, 5.41) is 19.0. The lowest BCUT2D eigenvalue weighted by Crippen LogP contribution is -2.34. The monoisotopic (exact) mass is 235 g/mol. The second-order valence-corrected chi connectivity index (χ2v) is 4.90. The minimum Gasteiger partial charge on any atom is -0.488 e. The van der Waals surface area contributed by atoms with Gasteiger partial charge in [0.2, 0.25) is 0 Å². The maximum atomic E-state index is 9.48. The Hall–Kier alpha value is -1.10. The molecule has 4 nitrogen and oxygen atoms in total. The molecule has 3 atom stereocenters. The van der Waals surface area contributed by atoms with Crippen LogP contribution in [-0.4, -0.2) is 53.1 Å². The first-order chi connectivity index (χ1) is 8.22. The molecule has 2 aliphatic heterocycles. The fraction of sp³-hybridized carbons (Fsp3) is 0.538. The van der Waals surface area contributed by atoms with E-state index in [0.717, 1.165) is 18.7 Å². The zero-order chi connectivity index (χ0) is 11.8. The van der Waals surface area contributed by atoms with Gasteiger partial charge in [-0.25, -0.2) is 0 Å². The number of aliphatic hydroxyl groups is 2. The topological polar surface area (TPSA) is 52.9 Å². The Labute approximate surface area is 100 Å². The van der Waals surface area contributed by atoms with Crippen molar-refractivity contribution in [2.24, 2.45) is 0 Å². The number of β-amino-alcohol motifs (C(OH)–C–C–N with tert-alkyl or cyclic N) is 2. The van der Waals surface area contributed by atoms with E-state index in [1.54, 1.807) is 0 Å². The standard InChI is InChI=1S/C13H17NO3/c15-11-7-14(8-12(11)16)6-10-5-9-3-1-2-4-13(9)17-10/h1-4,10-12,15-16H,5-8H2/t10?,11-,12+. The van der Waals surface area contributed by atoms with E-state index in [-0.39, 0.29) is 6.10 Å². The zero-order valence-corrected chi connectivity index (χ0v) is 9.62. The molecule has 0 aliphatic carbocycles. The largest absolute Gasteiger partial charge is 0.488 e. The molecule has 4 heteroatoms. The summed E-state index contributed by atoms with van der Waals surface area (Å²) in [7, 11) is 0. The van der Waals surface area contributed by atoms with Crippen LogP contribution in [-0.2, 0) is 6.42 Å². The van der Waals surface area contributed by atoms with Crippen molar-refractivity contribution < 1.29 is 14.9 Å². The number of hydrogen-bond donors (Lipinski definition) is 2. The summed E-state index contributed by atoms with van der Waals surface area (Å²) in [6, 6.07) is 8.07. The van der Waals surface area contributed by atoms with Gasteiger partial charge in [0.25, 0.3) is 0 Å². The predicted octanol–water partition coefficient (Wildman–Crippen LogP) is 0.0275. The molecule has 17 heavy (non-hydrogen) atoms. The first-order valence-corrected chi connectivity index (χ1v) is 6.05. The third kappa shape index (κ3) is 2.16. The van der Waals surface area contributed by atoms with Crippen LogP contribution in [0.4, 0.5) is 0 Å². The van der Waals surface area contributed by atoms with E-state index >= 15 is 0 Å². The number of benzene rings is 1. The van der Waals surface area contributed by atoms with E-state index in [9.17, 15) is 10.2 Å². The first-order valence-electron chi connectivity index (χ1n) is 6.05. The van der Waals surface area contributed by atoms with Crippen LogP contribution < -0.4 is 4.74 Å². The van der Waals surface area contributed by atoms with Gasteiger partial charge in [0.1, 0.15) is 11.9 Å². The summed E-state index contributed by atoms with van der Waals surface area (Å²) in [5.41, 5.74) is 1.25. The third-order valence-corrected chi connectivity index (χ3v) is 3.51. The highest BCUT2D eigenvalue weighted by molar-refractivity contribution is 5.37. The molecule has 2 aliphatic rings. The number of likely N-dealkylation sites (tertiary alicyclic amines) is 1. The van der Waals surface area contributed by atoms with Gasteiger partial charge in [-0.15, -0.1) is 0 Å². The van der Waals surface area contributed by atoms with Gasteiger partial charge in [0, 0.05) is 26.1 Å². The highest BCUT2D eigenvalue weighted by atomic mass is 16.5. The number of hydrogen-bond acceptors (Lipinski definition) is 4. The van der Waals surface area contributed by atoms with Gasteiger partial charge in [-0.3, -0.25) is 4.90 Å². The van der Waals surface area contributed by atoms with Crippen LogP contribution in [0.2, 0.25) is 0 Å². The van der Waals surface area contributed by atoms with E-state index in [0.29, 0.717) is 13.1 Å². The third-order valence-electron chi connectivity index (χ3n) is 3.51. The van der Waals surface area contributed by atoms with E-state index in [4.69, 9.17) is 4.74 Å². The lowest BCUT2D eigenvalue weighted by Gasteiger charge is -2.19. The second kappa shape index (κ2) is 4.29. The van der Waals surface area contributed by atoms with E-state index < -0.39 is 12.2 Å². The van der Waals surface area contributed by atoms with Crippen LogP contribution in [0.1, 0.15) is 5.56 Å². The highest BCUT2D eigenvalue weighted by Gasteiger charge is 2.32. The number of ether oxygens (including phenoxy) is 1. The summed E-state index contributed by atoms with van der Waals surface area (Å²) in [5.74, 6) is 0.970. The summed E-state index contributed by atoms with van der Waals surface area (Å²) < 4.78 is 5.83. The van der Waals surface area contributed by atoms with Gasteiger partial charge < -0.3 is 14.9 Å². The average Bonchev–Trinajstić information content (AvgIpc) is 2.83. The Kier molecular flexibility index (Phi) is 2.78. The Morgan fingerprint density at radius 1 is 1.18 bits per heavy atom. The van der Waals surface area contributed by atoms with Gasteiger partial charge in [0.05, 0.1) is 12.2 Å². The Morgan fingerprint density at radius 3 is 2.59 bits per heavy atom. The zero-order valence-electron chi connectivity index (χ0n) is 9.62. The molecule has 0 amide bonds. The van der Waals surface area contributed by atoms with Crippen LogP contribution in [0.5, 0.6) is 5.75 Å². The first kappa shape index (κ1) is 11.0. The van der Waals surface area contributed by atoms with Gasteiger partial charge in [0.15, 0.2) is 0 Å². The average molecular weight is 235 g/mol. The molecule has 1 fully saturated rings. The second-order valence-electron chi connectivity index (χ2n) is 4.90.